The Labute approximate surface area is 109 Å². The number of ketones is 1. The van der Waals surface area contributed by atoms with E-state index >= 15 is 0 Å². The first-order valence-corrected chi connectivity index (χ1v) is 6.59. The normalized spacial score (nSPS) is 21.3. The van der Waals surface area contributed by atoms with Crippen LogP contribution in [0.1, 0.15) is 52.9 Å². The van der Waals surface area contributed by atoms with Crippen molar-refractivity contribution in [2.75, 3.05) is 13.7 Å². The van der Waals surface area contributed by atoms with E-state index in [0.29, 0.717) is 19.4 Å². The lowest BCUT2D eigenvalue weighted by atomic mass is 9.69. The molecule has 1 saturated carbocycles. The van der Waals surface area contributed by atoms with Crippen LogP contribution in [0.5, 0.6) is 0 Å². The number of Topliss-reactive ketones (excluding diaryl/α,β-unsaturated/α-hetero) is 1. The van der Waals surface area contributed by atoms with Crippen molar-refractivity contribution in [1.82, 2.24) is 0 Å². The number of methoxy groups -OCH3 is 1. The molecule has 0 amide bonds. The average Bonchev–Trinajstić information content (AvgIpc) is 2.30. The third-order valence-corrected chi connectivity index (χ3v) is 3.92. The molecule has 1 fully saturated rings. The fourth-order valence-electron chi connectivity index (χ4n) is 2.43. The molecule has 1 aliphatic carbocycles. The number of carbonyl (C=O) groups excluding carboxylic acids is 2. The van der Waals surface area contributed by atoms with E-state index in [1.54, 1.807) is 14.0 Å². The highest BCUT2D eigenvalue weighted by molar-refractivity contribution is 6.00. The number of ether oxygens (including phenoxy) is 2. The van der Waals surface area contributed by atoms with Crippen molar-refractivity contribution in [3.05, 3.63) is 0 Å². The molecule has 0 N–H and O–H groups in total. The molecular weight excluding hydrogens is 232 g/mol. The van der Waals surface area contributed by atoms with Crippen LogP contribution in [0.3, 0.4) is 0 Å². The molecule has 4 nitrogen and oxygen atoms in total. The van der Waals surface area contributed by atoms with E-state index in [0.717, 1.165) is 12.8 Å². The second-order valence-electron chi connectivity index (χ2n) is 5.77. The van der Waals surface area contributed by atoms with Gasteiger partial charge in [0.25, 0.3) is 0 Å². The third-order valence-electron chi connectivity index (χ3n) is 3.92. The van der Waals surface area contributed by atoms with Crippen LogP contribution in [0.2, 0.25) is 0 Å². The molecule has 0 atom stereocenters. The van der Waals surface area contributed by atoms with Crippen LogP contribution in [0, 0.1) is 5.41 Å². The van der Waals surface area contributed by atoms with Crippen LogP contribution in [0.15, 0.2) is 0 Å². The van der Waals surface area contributed by atoms with Crippen molar-refractivity contribution in [1.29, 1.82) is 0 Å². The lowest BCUT2D eigenvalue weighted by Crippen LogP contribution is -2.46. The van der Waals surface area contributed by atoms with Gasteiger partial charge < -0.3 is 9.47 Å². The summed E-state index contributed by atoms with van der Waals surface area (Å²) < 4.78 is 10.3. The Morgan fingerprint density at radius 3 is 2.11 bits per heavy atom. The van der Waals surface area contributed by atoms with E-state index in [2.05, 4.69) is 13.8 Å². The van der Waals surface area contributed by atoms with Gasteiger partial charge in [-0.1, -0.05) is 13.8 Å². The quantitative estimate of drug-likeness (QED) is 0.560. The van der Waals surface area contributed by atoms with Crippen molar-refractivity contribution >= 4 is 11.8 Å². The highest BCUT2D eigenvalue weighted by Crippen LogP contribution is 2.42. The first-order valence-electron chi connectivity index (χ1n) is 6.59. The summed E-state index contributed by atoms with van der Waals surface area (Å²) in [4.78, 5) is 23.6. The van der Waals surface area contributed by atoms with Gasteiger partial charge >= 0.3 is 5.97 Å². The predicted octanol–water partition coefficient (Wildman–Crippen LogP) is 2.49. The molecule has 0 saturated heterocycles. The van der Waals surface area contributed by atoms with Crippen LogP contribution >= 0.6 is 0 Å². The van der Waals surface area contributed by atoms with E-state index in [4.69, 9.17) is 9.47 Å². The summed E-state index contributed by atoms with van der Waals surface area (Å²) in [5, 5.41) is 0. The standard InChI is InChI=1S/C14H24O4/c1-5-18-12(16)10-11(15)14(17-4)8-6-13(2,3)7-9-14/h5-10H2,1-4H3. The smallest absolute Gasteiger partial charge is 0.313 e. The Morgan fingerprint density at radius 2 is 1.67 bits per heavy atom. The molecule has 1 aliphatic rings. The van der Waals surface area contributed by atoms with Gasteiger partial charge in [-0.2, -0.15) is 0 Å². The van der Waals surface area contributed by atoms with Crippen LogP contribution in [-0.2, 0) is 19.1 Å². The van der Waals surface area contributed by atoms with Gasteiger partial charge in [-0.25, -0.2) is 0 Å². The summed E-state index contributed by atoms with van der Waals surface area (Å²) in [6, 6.07) is 0. The molecule has 0 spiro atoms. The molecule has 0 radical (unpaired) electrons. The van der Waals surface area contributed by atoms with E-state index < -0.39 is 11.6 Å². The molecule has 1 rings (SSSR count). The Balaban J connectivity index is 2.65. The zero-order valence-electron chi connectivity index (χ0n) is 11.9. The maximum atomic E-state index is 12.2. The first kappa shape index (κ1) is 15.2. The maximum Gasteiger partial charge on any atom is 0.313 e. The van der Waals surface area contributed by atoms with Crippen LogP contribution in [-0.4, -0.2) is 31.1 Å². The number of carbonyl (C=O) groups is 2. The van der Waals surface area contributed by atoms with Crippen molar-refractivity contribution in [3.8, 4) is 0 Å². The van der Waals surface area contributed by atoms with E-state index in [1.807, 2.05) is 0 Å². The highest BCUT2D eigenvalue weighted by Gasteiger charge is 2.44. The number of esters is 1. The molecule has 0 aromatic heterocycles. The molecule has 0 aromatic rings. The van der Waals surface area contributed by atoms with E-state index in [-0.39, 0.29) is 17.6 Å². The van der Waals surface area contributed by atoms with Crippen LogP contribution in [0.4, 0.5) is 0 Å². The van der Waals surface area contributed by atoms with Crippen molar-refractivity contribution in [2.24, 2.45) is 5.41 Å². The number of hydrogen-bond donors (Lipinski definition) is 0. The largest absolute Gasteiger partial charge is 0.466 e. The molecule has 0 aliphatic heterocycles. The zero-order valence-corrected chi connectivity index (χ0v) is 11.9. The highest BCUT2D eigenvalue weighted by atomic mass is 16.5. The van der Waals surface area contributed by atoms with Crippen LogP contribution in [0.25, 0.3) is 0 Å². The minimum absolute atomic E-state index is 0.140. The predicted molar refractivity (Wildman–Crippen MR) is 68.2 cm³/mol. The summed E-state index contributed by atoms with van der Waals surface area (Å²) in [6.07, 6.45) is 3.08. The van der Waals surface area contributed by atoms with Crippen molar-refractivity contribution in [2.45, 2.75) is 58.5 Å². The Morgan fingerprint density at radius 1 is 1.11 bits per heavy atom. The van der Waals surface area contributed by atoms with Gasteiger partial charge in [-0.15, -0.1) is 0 Å². The van der Waals surface area contributed by atoms with Gasteiger partial charge in [0.2, 0.25) is 0 Å². The second kappa shape index (κ2) is 5.83. The molecule has 104 valence electrons. The van der Waals surface area contributed by atoms with Crippen molar-refractivity contribution < 1.29 is 19.1 Å². The zero-order chi connectivity index (χ0) is 13.8. The number of rotatable bonds is 5. The fourth-order valence-corrected chi connectivity index (χ4v) is 2.43. The monoisotopic (exact) mass is 256 g/mol. The first-order chi connectivity index (χ1) is 8.35. The van der Waals surface area contributed by atoms with Crippen molar-refractivity contribution in [3.63, 3.8) is 0 Å². The van der Waals surface area contributed by atoms with Crippen LogP contribution < -0.4 is 0 Å². The van der Waals surface area contributed by atoms with Gasteiger partial charge in [0.1, 0.15) is 12.0 Å². The lowest BCUT2D eigenvalue weighted by molar-refractivity contribution is -0.156. The Hall–Kier alpha value is -0.900. The third kappa shape index (κ3) is 3.55. The summed E-state index contributed by atoms with van der Waals surface area (Å²) >= 11 is 0. The van der Waals surface area contributed by atoms with Gasteiger partial charge in [-0.05, 0) is 38.0 Å². The summed E-state index contributed by atoms with van der Waals surface area (Å²) in [6.45, 7) is 6.43. The summed E-state index contributed by atoms with van der Waals surface area (Å²) in [5.41, 5.74) is -0.519. The second-order valence-corrected chi connectivity index (χ2v) is 5.77. The Bertz CT molecular complexity index is 310. The fraction of sp³-hybridized carbons (Fsp3) is 0.857. The lowest BCUT2D eigenvalue weighted by Gasteiger charge is -2.41. The molecule has 4 heteroatoms. The van der Waals surface area contributed by atoms with E-state index in [1.165, 1.54) is 0 Å². The molecule has 0 unspecified atom stereocenters. The van der Waals surface area contributed by atoms with E-state index in [9.17, 15) is 9.59 Å². The summed E-state index contributed by atoms with van der Waals surface area (Å²) in [7, 11) is 1.56. The van der Waals surface area contributed by atoms with Gasteiger partial charge in [-0.3, -0.25) is 9.59 Å². The SMILES string of the molecule is CCOC(=O)CC(=O)C1(OC)CCC(C)(C)CC1. The van der Waals surface area contributed by atoms with Gasteiger partial charge in [0, 0.05) is 7.11 Å². The molecular formula is C14H24O4. The molecule has 0 heterocycles. The van der Waals surface area contributed by atoms with Gasteiger partial charge in [0.15, 0.2) is 5.78 Å². The molecule has 0 bridgehead atoms. The number of hydrogen-bond acceptors (Lipinski definition) is 4. The topological polar surface area (TPSA) is 52.6 Å². The minimum atomic E-state index is -0.776. The maximum absolute atomic E-state index is 12.2. The summed E-state index contributed by atoms with van der Waals surface area (Å²) in [5.74, 6) is -0.595. The minimum Gasteiger partial charge on any atom is -0.466 e. The molecule has 18 heavy (non-hydrogen) atoms. The molecule has 0 aromatic carbocycles. The Kier molecular flexibility index (Phi) is 4.91. The average molecular weight is 256 g/mol. The van der Waals surface area contributed by atoms with Gasteiger partial charge in [0.05, 0.1) is 6.61 Å².